The summed E-state index contributed by atoms with van der Waals surface area (Å²) in [4.78, 5) is 20.9. The van der Waals surface area contributed by atoms with Crippen molar-refractivity contribution in [1.82, 2.24) is 0 Å². The van der Waals surface area contributed by atoms with Crippen LogP contribution in [0.25, 0.3) is 0 Å². The molecule has 0 heterocycles. The number of ether oxygens (including phenoxy) is 1. The van der Waals surface area contributed by atoms with Crippen LogP contribution in [0.1, 0.15) is 39.5 Å². The van der Waals surface area contributed by atoms with E-state index in [1.165, 1.54) is 0 Å². The molecule has 90 valence electrons. The Morgan fingerprint density at radius 3 is 2.38 bits per heavy atom. The molecule has 0 spiro atoms. The van der Waals surface area contributed by atoms with Gasteiger partial charge < -0.3 is 9.84 Å². The molecule has 0 aromatic rings. The third-order valence-corrected chi connectivity index (χ3v) is 2.27. The van der Waals surface area contributed by atoms with E-state index in [1.807, 2.05) is 0 Å². The fraction of sp³-hybridized carbons (Fsp3) is 0.667. The van der Waals surface area contributed by atoms with Gasteiger partial charge in [0.2, 0.25) is 0 Å². The summed E-state index contributed by atoms with van der Waals surface area (Å²) < 4.78 is 4.61. The number of hydrogen-bond donors (Lipinski definition) is 1. The number of carbonyl (C=O) groups is 2. The van der Waals surface area contributed by atoms with Crippen molar-refractivity contribution in [3.05, 3.63) is 0 Å². The normalized spacial score (nSPS) is 9.44. The van der Waals surface area contributed by atoms with Gasteiger partial charge in [-0.2, -0.15) is 0 Å². The SMILES string of the molecule is CCC(CC)CC#CCOC(=O)CC(=O)O. The van der Waals surface area contributed by atoms with Gasteiger partial charge in [0.1, 0.15) is 6.42 Å². The predicted molar refractivity (Wildman–Crippen MR) is 59.7 cm³/mol. The van der Waals surface area contributed by atoms with E-state index < -0.39 is 18.4 Å². The Bertz CT molecular complexity index is 281. The van der Waals surface area contributed by atoms with E-state index in [4.69, 9.17) is 5.11 Å². The van der Waals surface area contributed by atoms with Crippen LogP contribution < -0.4 is 0 Å². The molecule has 0 aromatic carbocycles. The molecule has 4 nitrogen and oxygen atoms in total. The lowest BCUT2D eigenvalue weighted by molar-refractivity contribution is -0.150. The van der Waals surface area contributed by atoms with Crippen molar-refractivity contribution in [3.8, 4) is 11.8 Å². The second-order valence-corrected chi connectivity index (χ2v) is 3.47. The summed E-state index contributed by atoms with van der Waals surface area (Å²) in [6.45, 7) is 4.21. The fourth-order valence-electron chi connectivity index (χ4n) is 1.14. The molecule has 16 heavy (non-hydrogen) atoms. The highest BCUT2D eigenvalue weighted by Crippen LogP contribution is 2.10. The molecule has 0 amide bonds. The minimum atomic E-state index is -1.19. The van der Waals surface area contributed by atoms with Crippen molar-refractivity contribution in [1.29, 1.82) is 0 Å². The average molecular weight is 226 g/mol. The van der Waals surface area contributed by atoms with Crippen molar-refractivity contribution in [2.45, 2.75) is 39.5 Å². The van der Waals surface area contributed by atoms with Crippen LogP contribution in [-0.4, -0.2) is 23.7 Å². The van der Waals surface area contributed by atoms with Crippen LogP contribution in [0.3, 0.4) is 0 Å². The maximum atomic E-state index is 10.8. The van der Waals surface area contributed by atoms with Gasteiger partial charge in [0.15, 0.2) is 6.61 Å². The third-order valence-electron chi connectivity index (χ3n) is 2.27. The van der Waals surface area contributed by atoms with Crippen LogP contribution in [0.4, 0.5) is 0 Å². The first-order valence-corrected chi connectivity index (χ1v) is 5.43. The van der Waals surface area contributed by atoms with E-state index in [0.29, 0.717) is 5.92 Å². The topological polar surface area (TPSA) is 63.6 Å². The zero-order valence-corrected chi connectivity index (χ0v) is 9.78. The molecule has 0 atom stereocenters. The molecule has 0 radical (unpaired) electrons. The van der Waals surface area contributed by atoms with Gasteiger partial charge in [-0.15, -0.1) is 0 Å². The first-order chi connectivity index (χ1) is 7.60. The second-order valence-electron chi connectivity index (χ2n) is 3.47. The summed E-state index contributed by atoms with van der Waals surface area (Å²) in [5.41, 5.74) is 0. The molecule has 0 unspecified atom stereocenters. The number of carboxylic acid groups (broad SMARTS) is 1. The van der Waals surface area contributed by atoms with E-state index in [-0.39, 0.29) is 6.61 Å². The van der Waals surface area contributed by atoms with Gasteiger partial charge in [0.25, 0.3) is 0 Å². The van der Waals surface area contributed by atoms with Gasteiger partial charge >= 0.3 is 11.9 Å². The molecular weight excluding hydrogens is 208 g/mol. The minimum absolute atomic E-state index is 0.0216. The summed E-state index contributed by atoms with van der Waals surface area (Å²) in [7, 11) is 0. The molecule has 0 aliphatic heterocycles. The first kappa shape index (κ1) is 14.5. The summed E-state index contributed by atoms with van der Waals surface area (Å²) in [5.74, 6) is 4.28. The average Bonchev–Trinajstić information content (AvgIpc) is 2.22. The predicted octanol–water partition coefficient (Wildman–Crippen LogP) is 1.83. The van der Waals surface area contributed by atoms with E-state index in [9.17, 15) is 9.59 Å². The van der Waals surface area contributed by atoms with Crippen LogP contribution in [0, 0.1) is 17.8 Å². The second kappa shape index (κ2) is 8.78. The van der Waals surface area contributed by atoms with Crippen LogP contribution >= 0.6 is 0 Å². The van der Waals surface area contributed by atoms with Crippen molar-refractivity contribution >= 4 is 11.9 Å². The van der Waals surface area contributed by atoms with Crippen molar-refractivity contribution in [2.24, 2.45) is 5.92 Å². The molecule has 0 bridgehead atoms. The monoisotopic (exact) mass is 226 g/mol. The van der Waals surface area contributed by atoms with Crippen LogP contribution in [0.2, 0.25) is 0 Å². The van der Waals surface area contributed by atoms with E-state index in [0.717, 1.165) is 19.3 Å². The summed E-state index contributed by atoms with van der Waals surface area (Å²) >= 11 is 0. The molecule has 0 saturated heterocycles. The van der Waals surface area contributed by atoms with Gasteiger partial charge in [-0.05, 0) is 5.92 Å². The zero-order chi connectivity index (χ0) is 12.4. The van der Waals surface area contributed by atoms with Crippen molar-refractivity contribution in [3.63, 3.8) is 0 Å². The van der Waals surface area contributed by atoms with Gasteiger partial charge in [-0.3, -0.25) is 9.59 Å². The Hall–Kier alpha value is -1.50. The maximum Gasteiger partial charge on any atom is 0.318 e. The molecule has 1 N–H and O–H groups in total. The van der Waals surface area contributed by atoms with Gasteiger partial charge in [0.05, 0.1) is 0 Å². The van der Waals surface area contributed by atoms with E-state index in [2.05, 4.69) is 30.4 Å². The molecule has 0 aliphatic carbocycles. The molecule has 0 aromatic heterocycles. The van der Waals surface area contributed by atoms with Crippen LogP contribution in [-0.2, 0) is 14.3 Å². The highest BCUT2D eigenvalue weighted by atomic mass is 16.5. The fourth-order valence-corrected chi connectivity index (χ4v) is 1.14. The molecule has 0 saturated carbocycles. The molecule has 0 rings (SSSR count). The number of carbonyl (C=O) groups excluding carboxylic acids is 1. The highest BCUT2D eigenvalue weighted by molar-refractivity contribution is 5.90. The minimum Gasteiger partial charge on any atom is -0.481 e. The van der Waals surface area contributed by atoms with E-state index >= 15 is 0 Å². The molecule has 0 aliphatic rings. The highest BCUT2D eigenvalue weighted by Gasteiger charge is 2.07. The lowest BCUT2D eigenvalue weighted by Crippen LogP contribution is -2.10. The van der Waals surface area contributed by atoms with Crippen molar-refractivity contribution < 1.29 is 19.4 Å². The number of carboxylic acids is 1. The molecule has 4 heteroatoms. The smallest absolute Gasteiger partial charge is 0.318 e. The zero-order valence-electron chi connectivity index (χ0n) is 9.78. The number of hydrogen-bond acceptors (Lipinski definition) is 3. The number of rotatable bonds is 6. The summed E-state index contributed by atoms with van der Waals surface area (Å²) in [5, 5.41) is 8.29. The lowest BCUT2D eigenvalue weighted by atomic mass is 10.0. The third kappa shape index (κ3) is 7.86. The largest absolute Gasteiger partial charge is 0.481 e. The molecule has 0 fully saturated rings. The summed E-state index contributed by atoms with van der Waals surface area (Å²) in [6.07, 6.45) is 2.37. The Morgan fingerprint density at radius 1 is 1.25 bits per heavy atom. The lowest BCUT2D eigenvalue weighted by Gasteiger charge is -2.05. The number of aliphatic carboxylic acids is 1. The summed E-state index contributed by atoms with van der Waals surface area (Å²) in [6, 6.07) is 0. The Morgan fingerprint density at radius 2 is 1.88 bits per heavy atom. The molecular formula is C12H18O4. The van der Waals surface area contributed by atoms with Gasteiger partial charge in [-0.1, -0.05) is 38.5 Å². The van der Waals surface area contributed by atoms with Crippen LogP contribution in [0.5, 0.6) is 0 Å². The Labute approximate surface area is 96.0 Å². The Kier molecular flexibility index (Phi) is 7.96. The van der Waals surface area contributed by atoms with E-state index in [1.54, 1.807) is 0 Å². The Balaban J connectivity index is 3.69. The number of esters is 1. The first-order valence-electron chi connectivity index (χ1n) is 5.43. The van der Waals surface area contributed by atoms with Gasteiger partial charge in [-0.25, -0.2) is 0 Å². The maximum absolute atomic E-state index is 10.8. The quantitative estimate of drug-likeness (QED) is 0.426. The van der Waals surface area contributed by atoms with Crippen LogP contribution in [0.15, 0.2) is 0 Å². The van der Waals surface area contributed by atoms with Gasteiger partial charge in [0, 0.05) is 6.42 Å². The standard InChI is InChI=1S/C12H18O4/c1-3-10(4-2)7-5-6-8-16-12(15)9-11(13)14/h10H,3-4,7-9H2,1-2H3,(H,13,14). The van der Waals surface area contributed by atoms with Crippen molar-refractivity contribution in [2.75, 3.05) is 6.61 Å².